The first kappa shape index (κ1) is 15.0. The normalized spacial score (nSPS) is 41.0. The van der Waals surface area contributed by atoms with Gasteiger partial charge < -0.3 is 10.2 Å². The number of terminal acetylenes is 2. The van der Waals surface area contributed by atoms with Gasteiger partial charge in [0.2, 0.25) is 0 Å². The van der Waals surface area contributed by atoms with Crippen LogP contribution in [0.2, 0.25) is 0 Å². The second-order valence-electron chi connectivity index (χ2n) is 5.50. The number of aliphatic hydroxyl groups is 2. The van der Waals surface area contributed by atoms with Crippen LogP contribution in [-0.4, -0.2) is 27.6 Å². The molecule has 2 N–H and O–H groups in total. The molecule has 2 nitrogen and oxygen atoms in total. The Bertz CT molecular complexity index is 537. The molecular weight excluding hydrogens is 269 g/mol. The molecule has 1 saturated carbocycles. The van der Waals surface area contributed by atoms with Gasteiger partial charge in [0.15, 0.2) is 0 Å². The third-order valence-corrected chi connectivity index (χ3v) is 4.51. The van der Waals surface area contributed by atoms with E-state index >= 15 is 0 Å². The summed E-state index contributed by atoms with van der Waals surface area (Å²) < 4.78 is 41.0. The quantitative estimate of drug-likeness (QED) is 0.528. The van der Waals surface area contributed by atoms with Crippen molar-refractivity contribution in [1.29, 1.82) is 0 Å². The second kappa shape index (κ2) is 4.28. The van der Waals surface area contributed by atoms with Crippen molar-refractivity contribution in [2.75, 3.05) is 0 Å². The fraction of sp³-hybridized carbons (Fsp3) is 0.600. The van der Waals surface area contributed by atoms with Crippen molar-refractivity contribution in [2.24, 2.45) is 5.41 Å². The smallest absolute Gasteiger partial charge is 0.376 e. The summed E-state index contributed by atoms with van der Waals surface area (Å²) in [6.45, 7) is 0. The van der Waals surface area contributed by atoms with Crippen molar-refractivity contribution >= 4 is 0 Å². The summed E-state index contributed by atoms with van der Waals surface area (Å²) in [4.78, 5) is 0. The molecular formula is C15H15F3O2. The van der Waals surface area contributed by atoms with E-state index in [1.54, 1.807) is 0 Å². The highest BCUT2D eigenvalue weighted by Crippen LogP contribution is 2.62. The summed E-state index contributed by atoms with van der Waals surface area (Å²) in [5.41, 5.74) is -6.58. The number of hydrogen-bond donors (Lipinski definition) is 2. The zero-order chi connectivity index (χ0) is 15.2. The van der Waals surface area contributed by atoms with E-state index < -0.39 is 29.2 Å². The highest BCUT2D eigenvalue weighted by atomic mass is 19.4. The molecule has 2 rings (SSSR count). The molecule has 2 aliphatic carbocycles. The first-order valence-corrected chi connectivity index (χ1v) is 6.33. The number of alkyl halides is 3. The molecule has 20 heavy (non-hydrogen) atoms. The molecule has 0 amide bonds. The fourth-order valence-corrected chi connectivity index (χ4v) is 3.40. The third-order valence-electron chi connectivity index (χ3n) is 4.51. The Hall–Kier alpha value is -1.43. The molecule has 108 valence electrons. The zero-order valence-electron chi connectivity index (χ0n) is 10.8. The average Bonchev–Trinajstić information content (AvgIpc) is 2.37. The van der Waals surface area contributed by atoms with Crippen molar-refractivity contribution in [1.82, 2.24) is 0 Å². The van der Waals surface area contributed by atoms with Crippen molar-refractivity contribution in [3.63, 3.8) is 0 Å². The predicted molar refractivity (Wildman–Crippen MR) is 67.2 cm³/mol. The summed E-state index contributed by atoms with van der Waals surface area (Å²) in [5.74, 6) is 4.04. The third kappa shape index (κ3) is 1.78. The van der Waals surface area contributed by atoms with Crippen LogP contribution in [0.3, 0.4) is 0 Å². The maximum absolute atomic E-state index is 13.7. The number of rotatable bonds is 0. The summed E-state index contributed by atoms with van der Waals surface area (Å²) >= 11 is 0. The van der Waals surface area contributed by atoms with Gasteiger partial charge in [0, 0.05) is 0 Å². The molecule has 1 fully saturated rings. The molecule has 0 aromatic rings. The van der Waals surface area contributed by atoms with E-state index in [-0.39, 0.29) is 24.8 Å². The molecule has 3 atom stereocenters. The van der Waals surface area contributed by atoms with Crippen LogP contribution in [0.25, 0.3) is 0 Å². The fourth-order valence-electron chi connectivity index (χ4n) is 3.40. The Kier molecular flexibility index (Phi) is 3.20. The maximum Gasteiger partial charge on any atom is 0.401 e. The van der Waals surface area contributed by atoms with Gasteiger partial charge >= 0.3 is 6.18 Å². The Morgan fingerprint density at radius 2 is 1.75 bits per heavy atom. The molecule has 0 bridgehead atoms. The zero-order valence-corrected chi connectivity index (χ0v) is 10.8. The lowest BCUT2D eigenvalue weighted by Gasteiger charge is -2.53. The molecule has 2 aliphatic rings. The van der Waals surface area contributed by atoms with E-state index in [0.29, 0.717) is 6.42 Å². The number of fused-ring (bicyclic) bond motifs is 1. The van der Waals surface area contributed by atoms with Crippen LogP contribution in [0.5, 0.6) is 0 Å². The Morgan fingerprint density at radius 3 is 2.25 bits per heavy atom. The molecule has 0 aromatic heterocycles. The van der Waals surface area contributed by atoms with E-state index in [0.717, 1.165) is 6.08 Å². The lowest BCUT2D eigenvalue weighted by atomic mass is 9.54. The molecule has 0 radical (unpaired) electrons. The van der Waals surface area contributed by atoms with E-state index in [2.05, 4.69) is 5.92 Å². The van der Waals surface area contributed by atoms with Crippen LogP contribution in [-0.2, 0) is 0 Å². The number of halogens is 3. The van der Waals surface area contributed by atoms with Gasteiger partial charge in [0.1, 0.15) is 16.6 Å². The van der Waals surface area contributed by atoms with Gasteiger partial charge in [-0.25, -0.2) is 0 Å². The largest absolute Gasteiger partial charge is 0.401 e. The van der Waals surface area contributed by atoms with Gasteiger partial charge in [-0.3, -0.25) is 0 Å². The van der Waals surface area contributed by atoms with Crippen molar-refractivity contribution in [3.8, 4) is 24.7 Å². The van der Waals surface area contributed by atoms with Crippen molar-refractivity contribution in [3.05, 3.63) is 11.6 Å². The molecule has 5 heteroatoms. The lowest BCUT2D eigenvalue weighted by Crippen LogP contribution is -2.61. The molecule has 0 saturated heterocycles. The predicted octanol–water partition coefficient (Wildman–Crippen LogP) is 2.17. The Balaban J connectivity index is 2.68. The van der Waals surface area contributed by atoms with E-state index in [1.165, 1.54) is 0 Å². The standard InChI is InChI=1S/C15H15F3O2/c1-3-12(19)8-9-14(15(16,17)18)11(10-12)6-5-7-13(14,20)4-2/h1-2,10,19-20H,5-9H2/t12-,13-,14+/m0/s1. The highest BCUT2D eigenvalue weighted by molar-refractivity contribution is 5.40. The van der Waals surface area contributed by atoms with Gasteiger partial charge in [-0.05, 0) is 38.2 Å². The molecule has 0 aromatic carbocycles. The van der Waals surface area contributed by atoms with Crippen molar-refractivity contribution < 1.29 is 23.4 Å². The molecule has 0 heterocycles. The summed E-state index contributed by atoms with van der Waals surface area (Å²) in [6, 6.07) is 0. The lowest BCUT2D eigenvalue weighted by molar-refractivity contribution is -0.269. The van der Waals surface area contributed by atoms with Crippen LogP contribution in [0, 0.1) is 30.1 Å². The first-order valence-electron chi connectivity index (χ1n) is 6.33. The van der Waals surface area contributed by atoms with Crippen LogP contribution < -0.4 is 0 Å². The Labute approximate surface area is 115 Å². The van der Waals surface area contributed by atoms with Crippen LogP contribution in [0.15, 0.2) is 11.6 Å². The van der Waals surface area contributed by atoms with Crippen LogP contribution in [0.1, 0.15) is 32.1 Å². The SMILES string of the molecule is C#C[C@@]1(O)C=C2CCC[C@@](O)(C#C)[C@@]2(C(F)(F)F)CC1. The second-order valence-corrected chi connectivity index (χ2v) is 5.50. The minimum Gasteiger partial charge on any atom is -0.376 e. The van der Waals surface area contributed by atoms with E-state index in [1.807, 2.05) is 5.92 Å². The minimum atomic E-state index is -4.70. The van der Waals surface area contributed by atoms with Crippen molar-refractivity contribution in [2.45, 2.75) is 49.5 Å². The van der Waals surface area contributed by atoms with E-state index in [4.69, 9.17) is 12.8 Å². The highest BCUT2D eigenvalue weighted by Gasteiger charge is 2.69. The maximum atomic E-state index is 13.7. The summed E-state index contributed by atoms with van der Waals surface area (Å²) in [6.07, 6.45) is 6.28. The first-order chi connectivity index (χ1) is 9.14. The van der Waals surface area contributed by atoms with Gasteiger partial charge in [-0.1, -0.05) is 17.4 Å². The molecule has 0 spiro atoms. The molecule has 0 unspecified atom stereocenters. The van der Waals surface area contributed by atoms with Gasteiger partial charge in [0.25, 0.3) is 0 Å². The van der Waals surface area contributed by atoms with Crippen LogP contribution >= 0.6 is 0 Å². The van der Waals surface area contributed by atoms with Gasteiger partial charge in [-0.15, -0.1) is 12.8 Å². The number of hydrogen-bond acceptors (Lipinski definition) is 2. The minimum absolute atomic E-state index is 0.0941. The van der Waals surface area contributed by atoms with Crippen LogP contribution in [0.4, 0.5) is 13.2 Å². The summed E-state index contributed by atoms with van der Waals surface area (Å²) in [5, 5.41) is 20.4. The van der Waals surface area contributed by atoms with Gasteiger partial charge in [-0.2, -0.15) is 13.2 Å². The topological polar surface area (TPSA) is 40.5 Å². The van der Waals surface area contributed by atoms with E-state index in [9.17, 15) is 23.4 Å². The average molecular weight is 284 g/mol. The summed E-state index contributed by atoms with van der Waals surface area (Å²) in [7, 11) is 0. The monoisotopic (exact) mass is 284 g/mol. The Morgan fingerprint density at radius 1 is 1.10 bits per heavy atom. The molecule has 0 aliphatic heterocycles. The van der Waals surface area contributed by atoms with Gasteiger partial charge in [0.05, 0.1) is 0 Å².